The number of nitrogens with zero attached hydrogens (tertiary/aromatic N) is 2. The van der Waals surface area contributed by atoms with Crippen molar-refractivity contribution in [1.29, 1.82) is 0 Å². The molecule has 0 bridgehead atoms. The molecule has 1 aliphatic rings. The Morgan fingerprint density at radius 2 is 2.36 bits per heavy atom. The van der Waals surface area contributed by atoms with Crippen LogP contribution in [-0.4, -0.2) is 11.4 Å². The third-order valence-corrected chi connectivity index (χ3v) is 2.07. The fraction of sp³-hybridized carbons (Fsp3) is 0.333. The van der Waals surface area contributed by atoms with Crippen molar-refractivity contribution in [2.45, 2.75) is 26.7 Å². The average Bonchev–Trinajstić information content (AvgIpc) is 2.17. The van der Waals surface area contributed by atoms with Crippen molar-refractivity contribution in [1.82, 2.24) is 0 Å². The summed E-state index contributed by atoms with van der Waals surface area (Å²) in [5.41, 5.74) is 3.69. The van der Waals surface area contributed by atoms with E-state index in [2.05, 4.69) is 29.2 Å². The predicted molar refractivity (Wildman–Crippen MR) is 62.9 cm³/mol. The molecule has 0 aliphatic carbocycles. The molecule has 0 atom stereocenters. The molecule has 0 aromatic carbocycles. The summed E-state index contributed by atoms with van der Waals surface area (Å²) < 4.78 is 0. The molecule has 1 heterocycles. The Morgan fingerprint density at radius 1 is 1.64 bits per heavy atom. The molecule has 0 radical (unpaired) electrons. The van der Waals surface area contributed by atoms with E-state index >= 15 is 0 Å². The maximum absolute atomic E-state index is 4.41. The van der Waals surface area contributed by atoms with Crippen LogP contribution >= 0.6 is 0 Å². The van der Waals surface area contributed by atoms with Gasteiger partial charge in [0.15, 0.2) is 0 Å². The molecular formula is C12H16N2. The second-order valence-corrected chi connectivity index (χ2v) is 3.35. The van der Waals surface area contributed by atoms with Gasteiger partial charge in [-0.2, -0.15) is 0 Å². The lowest BCUT2D eigenvalue weighted by atomic mass is 10.1. The number of aliphatic imine (C=N–C) groups is 2. The second kappa shape index (κ2) is 4.70. The highest BCUT2D eigenvalue weighted by atomic mass is 14.8. The molecule has 74 valence electrons. The van der Waals surface area contributed by atoms with E-state index in [0.717, 1.165) is 35.7 Å². The molecule has 0 saturated carbocycles. The van der Waals surface area contributed by atoms with Crippen LogP contribution in [0.15, 0.2) is 46.7 Å². The van der Waals surface area contributed by atoms with Gasteiger partial charge in [0, 0.05) is 11.4 Å². The zero-order chi connectivity index (χ0) is 10.6. The maximum atomic E-state index is 4.41. The summed E-state index contributed by atoms with van der Waals surface area (Å²) in [5, 5.41) is 0. The maximum Gasteiger partial charge on any atom is 0.0776 e. The normalized spacial score (nSPS) is 17.1. The van der Waals surface area contributed by atoms with Crippen molar-refractivity contribution in [3.8, 4) is 0 Å². The van der Waals surface area contributed by atoms with E-state index in [1.54, 1.807) is 6.08 Å². The highest BCUT2D eigenvalue weighted by Crippen LogP contribution is 2.15. The largest absolute Gasteiger partial charge is 0.256 e. The molecule has 0 unspecified atom stereocenters. The third kappa shape index (κ3) is 2.80. The van der Waals surface area contributed by atoms with Crippen LogP contribution in [0.2, 0.25) is 0 Å². The van der Waals surface area contributed by atoms with E-state index < -0.39 is 0 Å². The van der Waals surface area contributed by atoms with Crippen molar-refractivity contribution in [3.05, 3.63) is 36.7 Å². The van der Waals surface area contributed by atoms with Crippen LogP contribution in [0.1, 0.15) is 26.7 Å². The molecule has 0 fully saturated rings. The third-order valence-electron chi connectivity index (χ3n) is 2.07. The monoisotopic (exact) mass is 188 g/mol. The molecule has 2 nitrogen and oxygen atoms in total. The van der Waals surface area contributed by atoms with Crippen LogP contribution < -0.4 is 0 Å². The summed E-state index contributed by atoms with van der Waals surface area (Å²) in [5.74, 6) is 0. The van der Waals surface area contributed by atoms with Crippen LogP contribution in [0.4, 0.5) is 0 Å². The van der Waals surface area contributed by atoms with Crippen molar-refractivity contribution in [2.24, 2.45) is 9.98 Å². The van der Waals surface area contributed by atoms with Gasteiger partial charge in [-0.3, -0.25) is 9.98 Å². The van der Waals surface area contributed by atoms with Crippen molar-refractivity contribution in [2.75, 3.05) is 0 Å². The van der Waals surface area contributed by atoms with Gasteiger partial charge in [-0.05, 0) is 32.8 Å². The fourth-order valence-electron chi connectivity index (χ4n) is 1.26. The van der Waals surface area contributed by atoms with E-state index in [1.807, 2.05) is 13.8 Å². The van der Waals surface area contributed by atoms with E-state index in [1.165, 1.54) is 0 Å². The van der Waals surface area contributed by atoms with Crippen molar-refractivity contribution >= 4 is 11.4 Å². The van der Waals surface area contributed by atoms with Crippen molar-refractivity contribution < 1.29 is 0 Å². The summed E-state index contributed by atoms with van der Waals surface area (Å²) >= 11 is 0. The molecule has 0 saturated heterocycles. The summed E-state index contributed by atoms with van der Waals surface area (Å²) in [6, 6.07) is 0. The second-order valence-electron chi connectivity index (χ2n) is 3.35. The summed E-state index contributed by atoms with van der Waals surface area (Å²) in [6.45, 7) is 11.5. The lowest BCUT2D eigenvalue weighted by Gasteiger charge is -2.10. The van der Waals surface area contributed by atoms with Crippen LogP contribution in [0, 0.1) is 0 Å². The van der Waals surface area contributed by atoms with E-state index in [9.17, 15) is 0 Å². The Morgan fingerprint density at radius 3 is 2.93 bits per heavy atom. The van der Waals surface area contributed by atoms with Gasteiger partial charge in [-0.25, -0.2) is 0 Å². The van der Waals surface area contributed by atoms with Crippen LogP contribution in [0.25, 0.3) is 0 Å². The van der Waals surface area contributed by atoms with E-state index in [4.69, 9.17) is 0 Å². The zero-order valence-electron chi connectivity index (χ0n) is 8.88. The number of rotatable bonds is 3. The lowest BCUT2D eigenvalue weighted by Crippen LogP contribution is -2.05. The Bertz CT molecular complexity index is 343. The zero-order valence-corrected chi connectivity index (χ0v) is 8.88. The SMILES string of the molecule is C=CC(C)=NC(=C)C1=NC(C)=CCC1. The van der Waals surface area contributed by atoms with E-state index in [-0.39, 0.29) is 0 Å². The molecule has 0 aromatic heterocycles. The molecular weight excluding hydrogens is 172 g/mol. The Kier molecular flexibility index (Phi) is 3.57. The van der Waals surface area contributed by atoms with Crippen LogP contribution in [0.3, 0.4) is 0 Å². The first-order valence-electron chi connectivity index (χ1n) is 4.75. The Labute approximate surface area is 85.5 Å². The van der Waals surface area contributed by atoms with Gasteiger partial charge in [-0.15, -0.1) is 0 Å². The topological polar surface area (TPSA) is 24.7 Å². The molecule has 1 aliphatic heterocycles. The summed E-state index contributed by atoms with van der Waals surface area (Å²) in [6.07, 6.45) is 5.81. The minimum absolute atomic E-state index is 0.759. The fourth-order valence-corrected chi connectivity index (χ4v) is 1.26. The number of allylic oxidation sites excluding steroid dienone is 4. The van der Waals surface area contributed by atoms with Gasteiger partial charge in [0.1, 0.15) is 0 Å². The smallest absolute Gasteiger partial charge is 0.0776 e. The molecule has 0 aromatic rings. The summed E-state index contributed by atoms with van der Waals surface area (Å²) in [4.78, 5) is 8.71. The molecule has 0 N–H and O–H groups in total. The predicted octanol–water partition coefficient (Wildman–Crippen LogP) is 3.29. The Hall–Kier alpha value is -1.44. The highest BCUT2D eigenvalue weighted by Gasteiger charge is 2.07. The van der Waals surface area contributed by atoms with Crippen LogP contribution in [0.5, 0.6) is 0 Å². The minimum Gasteiger partial charge on any atom is -0.256 e. The summed E-state index contributed by atoms with van der Waals surface area (Å²) in [7, 11) is 0. The van der Waals surface area contributed by atoms with Gasteiger partial charge >= 0.3 is 0 Å². The first-order chi connectivity index (χ1) is 6.63. The Balaban J connectivity index is 2.80. The van der Waals surface area contributed by atoms with Gasteiger partial charge in [0.25, 0.3) is 0 Å². The van der Waals surface area contributed by atoms with Crippen LogP contribution in [-0.2, 0) is 0 Å². The van der Waals surface area contributed by atoms with Gasteiger partial charge < -0.3 is 0 Å². The quantitative estimate of drug-likeness (QED) is 0.607. The van der Waals surface area contributed by atoms with E-state index in [0.29, 0.717) is 0 Å². The lowest BCUT2D eigenvalue weighted by molar-refractivity contribution is 1.01. The molecule has 0 amide bonds. The minimum atomic E-state index is 0.759. The highest BCUT2D eigenvalue weighted by molar-refractivity contribution is 6.04. The number of hydrogen-bond acceptors (Lipinski definition) is 2. The van der Waals surface area contributed by atoms with Gasteiger partial charge in [0.2, 0.25) is 0 Å². The first-order valence-corrected chi connectivity index (χ1v) is 4.75. The first kappa shape index (κ1) is 10.6. The molecule has 1 rings (SSSR count). The van der Waals surface area contributed by atoms with Gasteiger partial charge in [-0.1, -0.05) is 19.2 Å². The average molecular weight is 188 g/mol. The standard InChI is InChI=1S/C12H16N2/c1-5-9(2)13-11(4)12-8-6-7-10(3)14-12/h5,7H,1,4,6,8H2,2-3H3. The molecule has 2 heteroatoms. The van der Waals surface area contributed by atoms with Crippen molar-refractivity contribution in [3.63, 3.8) is 0 Å². The molecule has 14 heavy (non-hydrogen) atoms. The number of hydrogen-bond donors (Lipinski definition) is 0. The molecule has 0 spiro atoms. The van der Waals surface area contributed by atoms with Gasteiger partial charge in [0.05, 0.1) is 11.4 Å².